The fourth-order valence-electron chi connectivity index (χ4n) is 2.44. The van der Waals surface area contributed by atoms with Gasteiger partial charge in [-0.1, -0.05) is 24.8 Å². The van der Waals surface area contributed by atoms with Crippen molar-refractivity contribution in [3.8, 4) is 10.8 Å². The van der Waals surface area contributed by atoms with E-state index in [9.17, 15) is 4.79 Å². The molecule has 3 heterocycles. The second kappa shape index (κ2) is 6.83. The zero-order chi connectivity index (χ0) is 15.5. The van der Waals surface area contributed by atoms with Crippen LogP contribution in [0.25, 0.3) is 10.8 Å². The molecule has 0 aliphatic carbocycles. The Hall–Kier alpha value is -1.34. The van der Waals surface area contributed by atoms with Crippen molar-refractivity contribution in [2.24, 2.45) is 5.92 Å². The highest BCUT2D eigenvalue weighted by Crippen LogP contribution is 2.29. The number of piperidine rings is 1. The van der Waals surface area contributed by atoms with Crippen LogP contribution in [0.15, 0.2) is 27.2 Å². The fourth-order valence-corrected chi connectivity index (χ4v) is 3.86. The van der Waals surface area contributed by atoms with Gasteiger partial charge in [-0.15, -0.1) is 21.5 Å². The molecule has 2 aromatic rings. The van der Waals surface area contributed by atoms with Gasteiger partial charge in [-0.3, -0.25) is 4.79 Å². The van der Waals surface area contributed by atoms with Crippen molar-refractivity contribution in [2.75, 3.05) is 13.1 Å². The van der Waals surface area contributed by atoms with Gasteiger partial charge in [-0.2, -0.15) is 0 Å². The maximum absolute atomic E-state index is 12.5. The predicted octanol–water partition coefficient (Wildman–Crippen LogP) is 3.54. The number of rotatable bonds is 4. The molecule has 0 spiro atoms. The smallest absolute Gasteiger partial charge is 0.277 e. The van der Waals surface area contributed by atoms with Crippen LogP contribution >= 0.6 is 23.1 Å². The van der Waals surface area contributed by atoms with Crippen LogP contribution < -0.4 is 0 Å². The van der Waals surface area contributed by atoms with E-state index in [2.05, 4.69) is 17.1 Å². The summed E-state index contributed by atoms with van der Waals surface area (Å²) in [6.07, 6.45) is 2.18. The van der Waals surface area contributed by atoms with Gasteiger partial charge in [0, 0.05) is 13.1 Å². The molecule has 0 unspecified atom stereocenters. The van der Waals surface area contributed by atoms with Crippen LogP contribution in [0, 0.1) is 5.92 Å². The maximum atomic E-state index is 12.5. The highest BCUT2D eigenvalue weighted by Gasteiger charge is 2.26. The molecule has 1 amide bonds. The zero-order valence-electron chi connectivity index (χ0n) is 12.7. The third kappa shape index (κ3) is 3.52. The zero-order valence-corrected chi connectivity index (χ0v) is 14.3. The Balaban J connectivity index is 1.59. The average molecular weight is 337 g/mol. The van der Waals surface area contributed by atoms with E-state index in [1.165, 1.54) is 11.8 Å². The molecule has 1 aliphatic heterocycles. The minimum atomic E-state index is -0.204. The fraction of sp³-hybridized carbons (Fsp3) is 0.533. The third-order valence-corrected chi connectivity index (χ3v) is 5.64. The highest BCUT2D eigenvalue weighted by atomic mass is 32.2. The minimum absolute atomic E-state index is 0.160. The molecular weight excluding hydrogens is 318 g/mol. The predicted molar refractivity (Wildman–Crippen MR) is 87.9 cm³/mol. The van der Waals surface area contributed by atoms with E-state index in [-0.39, 0.29) is 11.2 Å². The largest absolute Gasteiger partial charge is 0.410 e. The Morgan fingerprint density at radius 3 is 2.91 bits per heavy atom. The number of thiophene rings is 1. The number of thioether (sulfide) groups is 1. The lowest BCUT2D eigenvalue weighted by Crippen LogP contribution is -2.41. The third-order valence-electron chi connectivity index (χ3n) is 3.86. The van der Waals surface area contributed by atoms with E-state index in [0.717, 1.165) is 36.7 Å². The number of likely N-dealkylation sites (tertiary alicyclic amines) is 1. The summed E-state index contributed by atoms with van der Waals surface area (Å²) in [5, 5.41) is 10.3. The van der Waals surface area contributed by atoms with Crippen molar-refractivity contribution in [3.63, 3.8) is 0 Å². The van der Waals surface area contributed by atoms with E-state index in [1.54, 1.807) is 11.3 Å². The molecule has 5 nitrogen and oxygen atoms in total. The molecule has 0 radical (unpaired) electrons. The van der Waals surface area contributed by atoms with Crippen LogP contribution in [-0.4, -0.2) is 39.3 Å². The average Bonchev–Trinajstić information content (AvgIpc) is 3.18. The quantitative estimate of drug-likeness (QED) is 0.799. The van der Waals surface area contributed by atoms with Crippen LogP contribution in [0.2, 0.25) is 0 Å². The van der Waals surface area contributed by atoms with Crippen LogP contribution in [0.3, 0.4) is 0 Å². The molecule has 1 atom stereocenters. The Bertz CT molecular complexity index is 619. The lowest BCUT2D eigenvalue weighted by molar-refractivity contribution is -0.131. The molecule has 3 rings (SSSR count). The minimum Gasteiger partial charge on any atom is -0.410 e. The van der Waals surface area contributed by atoms with Crippen molar-refractivity contribution in [3.05, 3.63) is 17.5 Å². The van der Waals surface area contributed by atoms with Crippen molar-refractivity contribution < 1.29 is 9.21 Å². The molecule has 22 heavy (non-hydrogen) atoms. The highest BCUT2D eigenvalue weighted by molar-refractivity contribution is 8.00. The van der Waals surface area contributed by atoms with Gasteiger partial charge in [-0.05, 0) is 37.1 Å². The molecule has 0 N–H and O–H groups in total. The number of aromatic nitrogens is 2. The topological polar surface area (TPSA) is 59.2 Å². The van der Waals surface area contributed by atoms with Gasteiger partial charge >= 0.3 is 0 Å². The maximum Gasteiger partial charge on any atom is 0.277 e. The molecule has 118 valence electrons. The molecule has 7 heteroatoms. The van der Waals surface area contributed by atoms with Crippen LogP contribution in [0.5, 0.6) is 0 Å². The summed E-state index contributed by atoms with van der Waals surface area (Å²) in [7, 11) is 0. The number of hydrogen-bond donors (Lipinski definition) is 0. The first kappa shape index (κ1) is 15.6. The second-order valence-corrected chi connectivity index (χ2v) is 7.86. The number of amides is 1. The molecule has 0 bridgehead atoms. The van der Waals surface area contributed by atoms with E-state index < -0.39 is 0 Å². The summed E-state index contributed by atoms with van der Waals surface area (Å²) in [5.74, 6) is 1.40. The van der Waals surface area contributed by atoms with Gasteiger partial charge in [-0.25, -0.2) is 0 Å². The normalized spacial score (nSPS) is 17.6. The Kier molecular flexibility index (Phi) is 4.83. The van der Waals surface area contributed by atoms with E-state index in [4.69, 9.17) is 4.42 Å². The lowest BCUT2D eigenvalue weighted by atomic mass is 9.99. The first-order valence-corrected chi connectivity index (χ1v) is 9.22. The van der Waals surface area contributed by atoms with E-state index in [1.807, 2.05) is 29.3 Å². The Morgan fingerprint density at radius 1 is 1.45 bits per heavy atom. The van der Waals surface area contributed by atoms with E-state index in [0.29, 0.717) is 11.1 Å². The van der Waals surface area contributed by atoms with Crippen LogP contribution in [0.4, 0.5) is 0 Å². The molecule has 0 saturated carbocycles. The summed E-state index contributed by atoms with van der Waals surface area (Å²) in [4.78, 5) is 15.4. The van der Waals surface area contributed by atoms with Gasteiger partial charge in [0.25, 0.3) is 11.1 Å². The van der Waals surface area contributed by atoms with Crippen LogP contribution in [-0.2, 0) is 4.79 Å². The summed E-state index contributed by atoms with van der Waals surface area (Å²) >= 11 is 2.89. The number of carbonyl (C=O) groups excluding carboxylic acids is 1. The van der Waals surface area contributed by atoms with E-state index >= 15 is 0 Å². The Morgan fingerprint density at radius 2 is 2.23 bits per heavy atom. The summed E-state index contributed by atoms with van der Waals surface area (Å²) in [6, 6.07) is 3.89. The molecule has 1 saturated heterocycles. The first-order valence-electron chi connectivity index (χ1n) is 7.46. The first-order chi connectivity index (χ1) is 10.6. The van der Waals surface area contributed by atoms with Crippen molar-refractivity contribution >= 4 is 29.0 Å². The van der Waals surface area contributed by atoms with Crippen molar-refractivity contribution in [1.29, 1.82) is 0 Å². The second-order valence-electron chi connectivity index (χ2n) is 5.62. The van der Waals surface area contributed by atoms with Gasteiger partial charge in [0.05, 0.1) is 10.1 Å². The molecular formula is C15H19N3O2S2. The molecule has 1 aliphatic rings. The van der Waals surface area contributed by atoms with Gasteiger partial charge < -0.3 is 9.32 Å². The summed E-state index contributed by atoms with van der Waals surface area (Å²) in [5.41, 5.74) is 0. The van der Waals surface area contributed by atoms with Crippen molar-refractivity contribution in [1.82, 2.24) is 15.1 Å². The van der Waals surface area contributed by atoms with Gasteiger partial charge in [0.15, 0.2) is 0 Å². The number of hydrogen-bond acceptors (Lipinski definition) is 6. The van der Waals surface area contributed by atoms with Gasteiger partial charge in [0.2, 0.25) is 5.91 Å². The summed E-state index contributed by atoms with van der Waals surface area (Å²) in [6.45, 7) is 5.86. The van der Waals surface area contributed by atoms with Crippen LogP contribution in [0.1, 0.15) is 26.7 Å². The molecule has 1 fully saturated rings. The number of nitrogens with zero attached hydrogens (tertiary/aromatic N) is 3. The van der Waals surface area contributed by atoms with Gasteiger partial charge in [0.1, 0.15) is 0 Å². The van der Waals surface area contributed by atoms with Crippen molar-refractivity contribution in [2.45, 2.75) is 37.2 Å². The molecule has 0 aromatic carbocycles. The summed E-state index contributed by atoms with van der Waals surface area (Å²) < 4.78 is 5.63. The lowest BCUT2D eigenvalue weighted by Gasteiger charge is -2.31. The molecule has 2 aromatic heterocycles. The Labute approximate surface area is 138 Å². The number of carbonyl (C=O) groups is 1. The monoisotopic (exact) mass is 337 g/mol. The SMILES string of the molecule is CC1CCN(C(=O)[C@H](C)Sc2nnc(-c3cccs3)o2)CC1. The standard InChI is InChI=1S/C15H19N3O2S2/c1-10-5-7-18(8-6-10)14(19)11(2)22-15-17-16-13(20-15)12-4-3-9-21-12/h3-4,9-11H,5-8H2,1-2H3/t11-/m0/s1.